The summed E-state index contributed by atoms with van der Waals surface area (Å²) in [5.41, 5.74) is 2.20. The highest BCUT2D eigenvalue weighted by Crippen LogP contribution is 2.41. The van der Waals surface area contributed by atoms with Gasteiger partial charge in [-0.15, -0.1) is 0 Å². The first kappa shape index (κ1) is 19.8. The molecule has 0 saturated carbocycles. The van der Waals surface area contributed by atoms with E-state index in [1.165, 1.54) is 18.3 Å². The number of carbonyl (C=O) groups is 1. The molecule has 0 aromatic heterocycles. The molecule has 1 fully saturated rings. The number of likely N-dealkylation sites (tertiary alicyclic amines) is 1. The average Bonchev–Trinajstić information content (AvgIpc) is 3.22. The largest absolute Gasteiger partial charge is 0.378 e. The minimum absolute atomic E-state index is 0.0867. The van der Waals surface area contributed by atoms with Crippen molar-refractivity contribution in [3.8, 4) is 0 Å². The lowest BCUT2D eigenvalue weighted by Gasteiger charge is -2.30. The normalized spacial score (nSPS) is 17.7. The van der Waals surface area contributed by atoms with Crippen LogP contribution in [0.25, 0.3) is 0 Å². The molecule has 0 radical (unpaired) electrons. The molecule has 0 aliphatic carbocycles. The van der Waals surface area contributed by atoms with Crippen LogP contribution >= 0.6 is 11.6 Å². The number of hydrogen-bond donors (Lipinski definition) is 0. The third-order valence-electron chi connectivity index (χ3n) is 5.25. The number of nitrogens with zero attached hydrogens (tertiary/aromatic N) is 3. The van der Waals surface area contributed by atoms with Gasteiger partial charge in [-0.2, -0.15) is 0 Å². The lowest BCUT2D eigenvalue weighted by atomic mass is 10.2. The topological polar surface area (TPSA) is 60.9 Å². The van der Waals surface area contributed by atoms with Crippen LogP contribution in [0.4, 0.5) is 17.1 Å². The zero-order valence-electron chi connectivity index (χ0n) is 16.3. The quantitative estimate of drug-likeness (QED) is 0.739. The first-order valence-corrected chi connectivity index (χ1v) is 11.3. The molecular formula is C21H22ClN3O3S. The van der Waals surface area contributed by atoms with E-state index in [0.29, 0.717) is 23.8 Å². The third-order valence-corrected chi connectivity index (χ3v) is 7.27. The molecule has 0 N–H and O–H groups in total. The van der Waals surface area contributed by atoms with Gasteiger partial charge in [-0.3, -0.25) is 4.79 Å². The van der Waals surface area contributed by atoms with Crippen molar-refractivity contribution < 1.29 is 13.2 Å². The Labute approximate surface area is 175 Å². The molecule has 29 heavy (non-hydrogen) atoms. The molecule has 0 spiro atoms. The van der Waals surface area contributed by atoms with Crippen LogP contribution in [0.15, 0.2) is 58.5 Å². The van der Waals surface area contributed by atoms with Gasteiger partial charge in [0.2, 0.25) is 9.84 Å². The maximum atomic E-state index is 13.2. The first-order chi connectivity index (χ1) is 13.8. The van der Waals surface area contributed by atoms with E-state index in [1.807, 2.05) is 43.3 Å². The Morgan fingerprint density at radius 1 is 1.03 bits per heavy atom. The summed E-state index contributed by atoms with van der Waals surface area (Å²) >= 11 is 6.17. The van der Waals surface area contributed by atoms with Crippen LogP contribution in [-0.2, 0) is 14.6 Å². The van der Waals surface area contributed by atoms with Crippen molar-refractivity contribution in [2.75, 3.05) is 37.0 Å². The number of carbonyl (C=O) groups excluding carboxylic acids is 1. The second-order valence-electron chi connectivity index (χ2n) is 7.39. The van der Waals surface area contributed by atoms with Crippen molar-refractivity contribution >= 4 is 44.4 Å². The van der Waals surface area contributed by atoms with E-state index in [9.17, 15) is 13.2 Å². The van der Waals surface area contributed by atoms with E-state index < -0.39 is 15.7 Å². The van der Waals surface area contributed by atoms with Crippen LogP contribution in [0, 0.1) is 0 Å². The Balaban J connectivity index is 1.86. The molecule has 2 aromatic rings. The van der Waals surface area contributed by atoms with Crippen molar-refractivity contribution in [1.29, 1.82) is 0 Å². The van der Waals surface area contributed by atoms with Crippen LogP contribution in [0.1, 0.15) is 12.8 Å². The van der Waals surface area contributed by atoms with Gasteiger partial charge in [0, 0.05) is 49.8 Å². The van der Waals surface area contributed by atoms with Crippen molar-refractivity contribution in [3.05, 3.63) is 58.6 Å². The molecular weight excluding hydrogens is 410 g/mol. The Morgan fingerprint density at radius 2 is 1.69 bits per heavy atom. The summed E-state index contributed by atoms with van der Waals surface area (Å²) < 4.78 is 26.5. The summed E-state index contributed by atoms with van der Waals surface area (Å²) in [7, 11) is -0.0401. The number of rotatable bonds is 3. The number of hydrogen-bond acceptors (Lipinski definition) is 5. The molecule has 8 heteroatoms. The summed E-state index contributed by atoms with van der Waals surface area (Å²) in [5, 5.41) is 0.427. The van der Waals surface area contributed by atoms with Crippen LogP contribution in [0.2, 0.25) is 5.02 Å². The molecule has 0 bridgehead atoms. The van der Waals surface area contributed by atoms with E-state index >= 15 is 0 Å². The Morgan fingerprint density at radius 3 is 2.31 bits per heavy atom. The van der Waals surface area contributed by atoms with Crippen molar-refractivity contribution in [2.24, 2.45) is 0 Å². The van der Waals surface area contributed by atoms with Gasteiger partial charge in [0.1, 0.15) is 0 Å². The maximum absolute atomic E-state index is 13.2. The highest BCUT2D eigenvalue weighted by molar-refractivity contribution is 7.96. The Hall–Kier alpha value is -2.51. The van der Waals surface area contributed by atoms with E-state index in [4.69, 9.17) is 11.6 Å². The molecule has 2 aliphatic rings. The minimum atomic E-state index is -3.94. The summed E-state index contributed by atoms with van der Waals surface area (Å²) in [6, 6.07) is 12.3. The van der Waals surface area contributed by atoms with Gasteiger partial charge >= 0.3 is 0 Å². The van der Waals surface area contributed by atoms with Crippen molar-refractivity contribution in [1.82, 2.24) is 4.90 Å². The number of benzene rings is 2. The van der Waals surface area contributed by atoms with E-state index in [2.05, 4.69) is 0 Å². The van der Waals surface area contributed by atoms with Gasteiger partial charge in [0.05, 0.1) is 10.6 Å². The summed E-state index contributed by atoms with van der Waals surface area (Å²) in [4.78, 5) is 18.2. The molecule has 1 saturated heterocycles. The molecule has 1 amide bonds. The van der Waals surface area contributed by atoms with E-state index in [-0.39, 0.29) is 9.80 Å². The van der Waals surface area contributed by atoms with Crippen LogP contribution < -0.4 is 9.80 Å². The van der Waals surface area contributed by atoms with Crippen molar-refractivity contribution in [2.45, 2.75) is 17.7 Å². The van der Waals surface area contributed by atoms with Gasteiger partial charge < -0.3 is 14.7 Å². The molecule has 2 aromatic carbocycles. The molecule has 4 rings (SSSR count). The number of amides is 1. The third kappa shape index (κ3) is 3.49. The molecule has 2 heterocycles. The maximum Gasteiger partial charge on any atom is 0.267 e. The fraction of sp³-hybridized carbons (Fsp3) is 0.286. The summed E-state index contributed by atoms with van der Waals surface area (Å²) in [6.07, 6.45) is 3.21. The minimum Gasteiger partial charge on any atom is -0.378 e. The molecule has 6 nitrogen and oxygen atoms in total. The SMILES string of the molecule is CN(C)c1ccc(N2C=C(C(=O)N3CCCC3)S(=O)(=O)c3ccc(Cl)cc32)cc1. The van der Waals surface area contributed by atoms with Crippen LogP contribution in [0.5, 0.6) is 0 Å². The standard InChI is InChI=1S/C21H22ClN3O3S/c1-23(2)16-6-8-17(9-7-16)25-14-20(21(26)24-11-3-4-12-24)29(27,28)19-10-5-15(22)13-18(19)25/h5-10,13-14H,3-4,11-12H2,1-2H3. The summed E-state index contributed by atoms with van der Waals surface area (Å²) in [5.74, 6) is -0.446. The van der Waals surface area contributed by atoms with Crippen LogP contribution in [-0.4, -0.2) is 46.4 Å². The highest BCUT2D eigenvalue weighted by atomic mass is 35.5. The molecule has 0 atom stereocenters. The molecule has 0 unspecified atom stereocenters. The van der Waals surface area contributed by atoms with Crippen LogP contribution in [0.3, 0.4) is 0 Å². The Bertz CT molecular complexity index is 1090. The lowest BCUT2D eigenvalue weighted by molar-refractivity contribution is -0.125. The number of halogens is 1. The smallest absolute Gasteiger partial charge is 0.267 e. The van der Waals surface area contributed by atoms with Gasteiger partial charge in [-0.1, -0.05) is 11.6 Å². The van der Waals surface area contributed by atoms with E-state index in [0.717, 1.165) is 24.2 Å². The Kier molecular flexibility index (Phi) is 5.04. The number of fused-ring (bicyclic) bond motifs is 1. The predicted octanol–water partition coefficient (Wildman–Crippen LogP) is 3.80. The second kappa shape index (κ2) is 7.39. The zero-order chi connectivity index (χ0) is 20.8. The molecule has 2 aliphatic heterocycles. The van der Waals surface area contributed by atoms with Gasteiger partial charge in [0.15, 0.2) is 4.91 Å². The number of anilines is 3. The van der Waals surface area contributed by atoms with Gasteiger partial charge in [0.25, 0.3) is 5.91 Å². The highest BCUT2D eigenvalue weighted by Gasteiger charge is 2.38. The van der Waals surface area contributed by atoms with Gasteiger partial charge in [-0.25, -0.2) is 8.42 Å². The monoisotopic (exact) mass is 431 g/mol. The predicted molar refractivity (Wildman–Crippen MR) is 115 cm³/mol. The zero-order valence-corrected chi connectivity index (χ0v) is 17.9. The second-order valence-corrected chi connectivity index (χ2v) is 9.71. The number of sulfone groups is 1. The fourth-order valence-electron chi connectivity index (χ4n) is 3.65. The van der Waals surface area contributed by atoms with Crippen molar-refractivity contribution in [3.63, 3.8) is 0 Å². The molecule has 152 valence electrons. The van der Waals surface area contributed by atoms with Gasteiger partial charge in [-0.05, 0) is 55.3 Å². The average molecular weight is 432 g/mol. The lowest BCUT2D eigenvalue weighted by Crippen LogP contribution is -2.35. The van der Waals surface area contributed by atoms with E-state index in [1.54, 1.807) is 15.9 Å². The summed E-state index contributed by atoms with van der Waals surface area (Å²) in [6.45, 7) is 1.16. The fourth-order valence-corrected chi connectivity index (χ4v) is 5.34. The first-order valence-electron chi connectivity index (χ1n) is 9.41.